The fourth-order valence-corrected chi connectivity index (χ4v) is 1.77. The Kier molecular flexibility index (Phi) is 2.90. The SMILES string of the molecule is Nc1nc2ccccc2nc1Oc1cc(F)cc(F)c1. The summed E-state index contributed by atoms with van der Waals surface area (Å²) in [5, 5.41) is 0. The molecule has 0 aliphatic carbocycles. The van der Waals surface area contributed by atoms with Gasteiger partial charge in [0.15, 0.2) is 5.82 Å². The van der Waals surface area contributed by atoms with Crippen LogP contribution in [0.2, 0.25) is 0 Å². The number of nitrogens with two attached hydrogens (primary N) is 1. The summed E-state index contributed by atoms with van der Waals surface area (Å²) in [6.07, 6.45) is 0. The Bertz CT molecular complexity index is 772. The van der Waals surface area contributed by atoms with Gasteiger partial charge in [0.25, 0.3) is 5.88 Å². The monoisotopic (exact) mass is 273 g/mol. The van der Waals surface area contributed by atoms with Crippen molar-refractivity contribution in [3.63, 3.8) is 0 Å². The van der Waals surface area contributed by atoms with E-state index in [4.69, 9.17) is 10.5 Å². The van der Waals surface area contributed by atoms with Crippen molar-refractivity contribution in [3.05, 3.63) is 54.1 Å². The number of halogens is 2. The summed E-state index contributed by atoms with van der Waals surface area (Å²) in [7, 11) is 0. The van der Waals surface area contributed by atoms with Crippen LogP contribution in [0.4, 0.5) is 14.6 Å². The molecule has 1 heterocycles. The van der Waals surface area contributed by atoms with Crippen LogP contribution < -0.4 is 10.5 Å². The van der Waals surface area contributed by atoms with Gasteiger partial charge in [-0.15, -0.1) is 0 Å². The topological polar surface area (TPSA) is 61.0 Å². The van der Waals surface area contributed by atoms with Gasteiger partial charge in [0.2, 0.25) is 0 Å². The lowest BCUT2D eigenvalue weighted by atomic mass is 10.3. The summed E-state index contributed by atoms with van der Waals surface area (Å²) in [6, 6.07) is 9.92. The van der Waals surface area contributed by atoms with E-state index in [0.717, 1.165) is 18.2 Å². The van der Waals surface area contributed by atoms with E-state index in [9.17, 15) is 8.78 Å². The summed E-state index contributed by atoms with van der Waals surface area (Å²) in [5.41, 5.74) is 6.92. The van der Waals surface area contributed by atoms with Crippen LogP contribution in [-0.4, -0.2) is 9.97 Å². The van der Waals surface area contributed by atoms with Gasteiger partial charge in [0.05, 0.1) is 11.0 Å². The fraction of sp³-hybridized carbons (Fsp3) is 0. The number of fused-ring (bicyclic) bond motifs is 1. The molecule has 0 aliphatic rings. The van der Waals surface area contributed by atoms with E-state index in [0.29, 0.717) is 11.0 Å². The Labute approximate surface area is 112 Å². The number of aromatic nitrogens is 2. The first-order chi connectivity index (χ1) is 9.61. The van der Waals surface area contributed by atoms with E-state index in [1.165, 1.54) is 0 Å². The van der Waals surface area contributed by atoms with Crippen molar-refractivity contribution in [2.45, 2.75) is 0 Å². The predicted molar refractivity (Wildman–Crippen MR) is 70.4 cm³/mol. The summed E-state index contributed by atoms with van der Waals surface area (Å²) in [4.78, 5) is 8.29. The van der Waals surface area contributed by atoms with Crippen molar-refractivity contribution in [1.29, 1.82) is 0 Å². The normalized spacial score (nSPS) is 10.7. The molecule has 6 heteroatoms. The van der Waals surface area contributed by atoms with Gasteiger partial charge < -0.3 is 10.5 Å². The minimum absolute atomic E-state index is 0.00806. The smallest absolute Gasteiger partial charge is 0.263 e. The van der Waals surface area contributed by atoms with Crippen LogP contribution in [-0.2, 0) is 0 Å². The molecule has 0 bridgehead atoms. The third-order valence-electron chi connectivity index (χ3n) is 2.61. The number of hydrogen-bond acceptors (Lipinski definition) is 4. The van der Waals surface area contributed by atoms with Gasteiger partial charge in [-0.25, -0.2) is 18.7 Å². The number of benzene rings is 2. The first kappa shape index (κ1) is 12.3. The molecule has 1 aromatic heterocycles. The average Bonchev–Trinajstić information content (AvgIpc) is 2.38. The number of para-hydroxylation sites is 2. The third-order valence-corrected chi connectivity index (χ3v) is 2.61. The van der Waals surface area contributed by atoms with Crippen molar-refractivity contribution in [2.75, 3.05) is 5.73 Å². The summed E-state index contributed by atoms with van der Waals surface area (Å²) >= 11 is 0. The van der Waals surface area contributed by atoms with E-state index in [2.05, 4.69) is 9.97 Å². The Hall–Kier alpha value is -2.76. The minimum atomic E-state index is -0.743. The van der Waals surface area contributed by atoms with Crippen LogP contribution in [0.15, 0.2) is 42.5 Å². The van der Waals surface area contributed by atoms with Crippen LogP contribution in [0, 0.1) is 11.6 Å². The second-order valence-electron chi connectivity index (χ2n) is 4.11. The highest BCUT2D eigenvalue weighted by Crippen LogP contribution is 2.27. The molecular formula is C14H9F2N3O. The van der Waals surface area contributed by atoms with Gasteiger partial charge in [0, 0.05) is 18.2 Å². The van der Waals surface area contributed by atoms with E-state index >= 15 is 0 Å². The maximum absolute atomic E-state index is 13.1. The van der Waals surface area contributed by atoms with Gasteiger partial charge in [-0.3, -0.25) is 0 Å². The van der Waals surface area contributed by atoms with Crippen LogP contribution in [0.25, 0.3) is 11.0 Å². The molecular weight excluding hydrogens is 264 g/mol. The number of hydrogen-bond donors (Lipinski definition) is 1. The second kappa shape index (κ2) is 4.73. The molecule has 3 rings (SSSR count). The molecule has 4 nitrogen and oxygen atoms in total. The molecule has 0 atom stereocenters. The standard InChI is InChI=1S/C14H9F2N3O/c15-8-5-9(16)7-10(6-8)20-14-13(17)18-11-3-1-2-4-12(11)19-14/h1-7H,(H2,17,18). The molecule has 0 unspecified atom stereocenters. The number of nitrogen functional groups attached to an aromatic ring is 1. The van der Waals surface area contributed by atoms with Crippen LogP contribution in [0.5, 0.6) is 11.6 Å². The van der Waals surface area contributed by atoms with Crippen molar-refractivity contribution >= 4 is 16.9 Å². The van der Waals surface area contributed by atoms with E-state index in [1.807, 2.05) is 0 Å². The first-order valence-corrected chi connectivity index (χ1v) is 5.78. The number of ether oxygens (including phenoxy) is 1. The average molecular weight is 273 g/mol. The molecule has 0 radical (unpaired) electrons. The molecule has 20 heavy (non-hydrogen) atoms. The maximum Gasteiger partial charge on any atom is 0.263 e. The van der Waals surface area contributed by atoms with Gasteiger partial charge in [0.1, 0.15) is 17.4 Å². The van der Waals surface area contributed by atoms with Crippen LogP contribution in [0.3, 0.4) is 0 Å². The Morgan fingerprint density at radius 1 is 0.900 bits per heavy atom. The van der Waals surface area contributed by atoms with Gasteiger partial charge in [-0.1, -0.05) is 12.1 Å². The lowest BCUT2D eigenvalue weighted by Gasteiger charge is -2.08. The quantitative estimate of drug-likeness (QED) is 0.778. The molecule has 3 aromatic rings. The molecule has 0 spiro atoms. The molecule has 100 valence electrons. The summed E-state index contributed by atoms with van der Waals surface area (Å²) < 4.78 is 31.5. The molecule has 0 saturated heterocycles. The predicted octanol–water partition coefficient (Wildman–Crippen LogP) is 3.28. The van der Waals surface area contributed by atoms with Crippen molar-refractivity contribution < 1.29 is 13.5 Å². The highest BCUT2D eigenvalue weighted by Gasteiger charge is 2.09. The third kappa shape index (κ3) is 2.35. The molecule has 0 aliphatic heterocycles. The zero-order valence-electron chi connectivity index (χ0n) is 10.2. The zero-order valence-corrected chi connectivity index (χ0v) is 10.2. The molecule has 0 saturated carbocycles. The van der Waals surface area contributed by atoms with Crippen molar-refractivity contribution in [3.8, 4) is 11.6 Å². The second-order valence-corrected chi connectivity index (χ2v) is 4.11. The van der Waals surface area contributed by atoms with E-state index < -0.39 is 11.6 Å². The highest BCUT2D eigenvalue weighted by molar-refractivity contribution is 5.76. The largest absolute Gasteiger partial charge is 0.436 e. The summed E-state index contributed by atoms with van der Waals surface area (Å²) in [6.45, 7) is 0. The van der Waals surface area contributed by atoms with Crippen molar-refractivity contribution in [2.24, 2.45) is 0 Å². The minimum Gasteiger partial charge on any atom is -0.436 e. The number of nitrogens with zero attached hydrogens (tertiary/aromatic N) is 2. The Morgan fingerprint density at radius 3 is 2.15 bits per heavy atom. The van der Waals surface area contributed by atoms with E-state index in [1.54, 1.807) is 24.3 Å². The van der Waals surface area contributed by atoms with E-state index in [-0.39, 0.29) is 17.4 Å². The van der Waals surface area contributed by atoms with Gasteiger partial charge >= 0.3 is 0 Å². The number of anilines is 1. The molecule has 0 fully saturated rings. The molecule has 2 aromatic carbocycles. The molecule has 2 N–H and O–H groups in total. The lowest BCUT2D eigenvalue weighted by molar-refractivity contribution is 0.454. The lowest BCUT2D eigenvalue weighted by Crippen LogP contribution is -1.99. The Morgan fingerprint density at radius 2 is 1.50 bits per heavy atom. The van der Waals surface area contributed by atoms with Gasteiger partial charge in [-0.05, 0) is 12.1 Å². The summed E-state index contributed by atoms with van der Waals surface area (Å²) in [5.74, 6) is -1.46. The zero-order chi connectivity index (χ0) is 14.1. The highest BCUT2D eigenvalue weighted by atomic mass is 19.1. The first-order valence-electron chi connectivity index (χ1n) is 5.78. The number of rotatable bonds is 2. The van der Waals surface area contributed by atoms with Crippen LogP contribution in [0.1, 0.15) is 0 Å². The van der Waals surface area contributed by atoms with Crippen molar-refractivity contribution in [1.82, 2.24) is 9.97 Å². The Balaban J connectivity index is 2.03. The van der Waals surface area contributed by atoms with Crippen LogP contribution >= 0.6 is 0 Å². The van der Waals surface area contributed by atoms with Gasteiger partial charge in [-0.2, -0.15) is 0 Å². The molecule has 0 amide bonds. The fourth-order valence-electron chi connectivity index (χ4n) is 1.77. The maximum atomic E-state index is 13.1.